The molecule has 2 heterocycles. The van der Waals surface area contributed by atoms with Gasteiger partial charge in [0.05, 0.1) is 3.79 Å². The van der Waals surface area contributed by atoms with Crippen molar-refractivity contribution in [3.8, 4) is 0 Å². The van der Waals surface area contributed by atoms with E-state index in [1.54, 1.807) is 16.2 Å². The molecule has 0 spiro atoms. The van der Waals surface area contributed by atoms with Gasteiger partial charge in [-0.25, -0.2) is 0 Å². The number of carbonyl (C=O) groups is 1. The summed E-state index contributed by atoms with van der Waals surface area (Å²) >= 11 is 5.08. The van der Waals surface area contributed by atoms with Crippen molar-refractivity contribution in [1.29, 1.82) is 0 Å². The molecule has 0 aromatic carbocycles. The Balaban J connectivity index is 2.12. The Morgan fingerprint density at radius 3 is 2.84 bits per heavy atom. The maximum atomic E-state index is 12.4. The lowest BCUT2D eigenvalue weighted by molar-refractivity contribution is 0.0773. The number of halogens is 1. The number of thiophene rings is 1. The minimum absolute atomic E-state index is 0.0565. The maximum absolute atomic E-state index is 12.4. The first kappa shape index (κ1) is 14.3. The van der Waals surface area contributed by atoms with E-state index >= 15 is 0 Å². The van der Waals surface area contributed by atoms with Gasteiger partial charge in [0.15, 0.2) is 0 Å². The summed E-state index contributed by atoms with van der Waals surface area (Å²) in [5, 5.41) is 2.06. The van der Waals surface area contributed by atoms with Gasteiger partial charge in [-0.1, -0.05) is 0 Å². The van der Waals surface area contributed by atoms with Gasteiger partial charge in [0.1, 0.15) is 5.69 Å². The van der Waals surface area contributed by atoms with Crippen LogP contribution in [-0.4, -0.2) is 22.4 Å². The first-order chi connectivity index (χ1) is 8.99. The molecule has 1 amide bonds. The molecule has 2 aromatic heterocycles. The molecule has 0 atom stereocenters. The first-order valence-corrected chi connectivity index (χ1v) is 7.81. The molecule has 0 aliphatic carbocycles. The lowest BCUT2D eigenvalue weighted by atomic mass is 10.3. The maximum Gasteiger partial charge on any atom is 0.270 e. The normalized spacial score (nSPS) is 11.0. The van der Waals surface area contributed by atoms with Gasteiger partial charge in [0.25, 0.3) is 5.91 Å². The largest absolute Gasteiger partial charge is 0.341 e. The molecule has 3 nitrogen and oxygen atoms in total. The molecule has 0 saturated heterocycles. The Morgan fingerprint density at radius 2 is 2.26 bits per heavy atom. The number of amides is 1. The van der Waals surface area contributed by atoms with E-state index in [4.69, 9.17) is 0 Å². The van der Waals surface area contributed by atoms with E-state index in [0.29, 0.717) is 6.54 Å². The van der Waals surface area contributed by atoms with Crippen LogP contribution >= 0.6 is 27.3 Å². The fraction of sp³-hybridized carbons (Fsp3) is 0.357. The van der Waals surface area contributed by atoms with Crippen molar-refractivity contribution in [1.82, 2.24) is 9.47 Å². The molecule has 2 aromatic rings. The third-order valence-corrected chi connectivity index (χ3v) is 4.50. The summed E-state index contributed by atoms with van der Waals surface area (Å²) < 4.78 is 3.09. The predicted molar refractivity (Wildman–Crippen MR) is 82.6 cm³/mol. The van der Waals surface area contributed by atoms with Gasteiger partial charge in [-0.15, -0.1) is 11.3 Å². The zero-order valence-electron chi connectivity index (χ0n) is 11.3. The molecule has 5 heteroatoms. The number of carbonyl (C=O) groups excluding carboxylic acids is 1. The molecule has 2 rings (SSSR count). The molecule has 0 fully saturated rings. The smallest absolute Gasteiger partial charge is 0.270 e. The number of nitrogens with zero attached hydrogens (tertiary/aromatic N) is 2. The van der Waals surface area contributed by atoms with Crippen LogP contribution in [0.25, 0.3) is 0 Å². The van der Waals surface area contributed by atoms with Gasteiger partial charge in [0, 0.05) is 25.8 Å². The Morgan fingerprint density at radius 1 is 1.53 bits per heavy atom. The van der Waals surface area contributed by atoms with Gasteiger partial charge in [-0.05, 0) is 58.9 Å². The molecular formula is C14H17BrN2OS. The van der Waals surface area contributed by atoms with E-state index in [1.807, 2.05) is 29.9 Å². The van der Waals surface area contributed by atoms with Crippen molar-refractivity contribution < 1.29 is 4.79 Å². The zero-order valence-corrected chi connectivity index (χ0v) is 13.7. The van der Waals surface area contributed by atoms with Gasteiger partial charge in [-0.3, -0.25) is 4.79 Å². The topological polar surface area (TPSA) is 25.2 Å². The van der Waals surface area contributed by atoms with E-state index in [0.717, 1.165) is 15.0 Å². The van der Waals surface area contributed by atoms with E-state index in [2.05, 4.69) is 41.2 Å². The van der Waals surface area contributed by atoms with Crippen molar-refractivity contribution >= 4 is 33.2 Å². The van der Waals surface area contributed by atoms with Crippen LogP contribution in [0.5, 0.6) is 0 Å². The minimum atomic E-state index is 0.0565. The highest BCUT2D eigenvalue weighted by Gasteiger charge is 2.17. The van der Waals surface area contributed by atoms with Gasteiger partial charge in [0.2, 0.25) is 0 Å². The van der Waals surface area contributed by atoms with Crippen molar-refractivity contribution in [2.75, 3.05) is 7.05 Å². The second kappa shape index (κ2) is 5.92. The van der Waals surface area contributed by atoms with Crippen molar-refractivity contribution in [2.45, 2.75) is 26.4 Å². The van der Waals surface area contributed by atoms with Crippen LogP contribution in [0.15, 0.2) is 33.6 Å². The standard InChI is InChI=1S/C14H17BrN2OS/c1-10(2)17-6-4-5-12(17)14(18)16(3)8-11-7-13(15)19-9-11/h4-7,9-10H,8H2,1-3H3. The lowest BCUT2D eigenvalue weighted by Crippen LogP contribution is -2.28. The molecule has 0 N–H and O–H groups in total. The zero-order chi connectivity index (χ0) is 14.0. The summed E-state index contributed by atoms with van der Waals surface area (Å²) in [4.78, 5) is 14.2. The average Bonchev–Trinajstić information content (AvgIpc) is 2.97. The SMILES string of the molecule is CC(C)n1cccc1C(=O)N(C)Cc1csc(Br)c1. The third kappa shape index (κ3) is 3.28. The van der Waals surface area contributed by atoms with E-state index < -0.39 is 0 Å². The van der Waals surface area contributed by atoms with Gasteiger partial charge < -0.3 is 9.47 Å². The molecule has 19 heavy (non-hydrogen) atoms. The summed E-state index contributed by atoms with van der Waals surface area (Å²) in [6.07, 6.45) is 1.95. The highest BCUT2D eigenvalue weighted by atomic mass is 79.9. The summed E-state index contributed by atoms with van der Waals surface area (Å²) in [5.41, 5.74) is 1.89. The molecule has 0 bridgehead atoms. The van der Waals surface area contributed by atoms with Crippen LogP contribution in [0.1, 0.15) is 35.9 Å². The highest BCUT2D eigenvalue weighted by Crippen LogP contribution is 2.22. The summed E-state index contributed by atoms with van der Waals surface area (Å²) in [5.74, 6) is 0.0565. The number of rotatable bonds is 4. The second-order valence-electron chi connectivity index (χ2n) is 4.81. The quantitative estimate of drug-likeness (QED) is 0.820. The molecular weight excluding hydrogens is 324 g/mol. The van der Waals surface area contributed by atoms with Gasteiger partial charge >= 0.3 is 0 Å². The fourth-order valence-corrected chi connectivity index (χ4v) is 3.20. The Labute approximate surface area is 126 Å². The van der Waals surface area contributed by atoms with Crippen molar-refractivity contribution in [3.63, 3.8) is 0 Å². The summed E-state index contributed by atoms with van der Waals surface area (Å²) in [7, 11) is 1.84. The van der Waals surface area contributed by atoms with E-state index in [9.17, 15) is 4.79 Å². The predicted octanol–water partition coefficient (Wildman–Crippen LogP) is 4.17. The molecule has 0 unspecified atom stereocenters. The summed E-state index contributed by atoms with van der Waals surface area (Å²) in [6.45, 7) is 4.78. The Kier molecular flexibility index (Phi) is 4.47. The Hall–Kier alpha value is -1.07. The van der Waals surface area contributed by atoms with Crippen LogP contribution in [0.2, 0.25) is 0 Å². The van der Waals surface area contributed by atoms with Crippen molar-refractivity contribution in [2.24, 2.45) is 0 Å². The fourth-order valence-electron chi connectivity index (χ4n) is 2.00. The second-order valence-corrected chi connectivity index (χ2v) is 7.11. The summed E-state index contributed by atoms with van der Waals surface area (Å²) in [6, 6.07) is 6.14. The number of hydrogen-bond donors (Lipinski definition) is 0. The number of aromatic nitrogens is 1. The van der Waals surface area contributed by atoms with E-state index in [-0.39, 0.29) is 11.9 Å². The molecule has 0 aliphatic rings. The van der Waals surface area contributed by atoms with Crippen LogP contribution < -0.4 is 0 Å². The molecule has 0 radical (unpaired) electrons. The third-order valence-electron chi connectivity index (χ3n) is 2.94. The van der Waals surface area contributed by atoms with Crippen LogP contribution in [0.4, 0.5) is 0 Å². The van der Waals surface area contributed by atoms with Gasteiger partial charge in [-0.2, -0.15) is 0 Å². The lowest BCUT2D eigenvalue weighted by Gasteiger charge is -2.19. The average molecular weight is 341 g/mol. The Bertz CT molecular complexity index is 574. The molecule has 102 valence electrons. The first-order valence-electron chi connectivity index (χ1n) is 6.14. The number of hydrogen-bond acceptors (Lipinski definition) is 2. The van der Waals surface area contributed by atoms with Crippen LogP contribution in [0, 0.1) is 0 Å². The molecule has 0 aliphatic heterocycles. The highest BCUT2D eigenvalue weighted by molar-refractivity contribution is 9.11. The van der Waals surface area contributed by atoms with Crippen molar-refractivity contribution in [3.05, 3.63) is 44.8 Å². The van der Waals surface area contributed by atoms with Crippen LogP contribution in [0.3, 0.4) is 0 Å². The van der Waals surface area contributed by atoms with Crippen LogP contribution in [-0.2, 0) is 6.54 Å². The minimum Gasteiger partial charge on any atom is -0.341 e. The van der Waals surface area contributed by atoms with E-state index in [1.165, 1.54) is 0 Å². The monoisotopic (exact) mass is 340 g/mol. The molecule has 0 saturated carbocycles.